The number of thiophene rings is 2. The number of amides is 2. The van der Waals surface area contributed by atoms with Crippen LogP contribution >= 0.6 is 22.7 Å². The molecule has 6 aromatic rings. The van der Waals surface area contributed by atoms with Crippen LogP contribution in [0.4, 0.5) is 0 Å². The lowest BCUT2D eigenvalue weighted by Gasteiger charge is -2.11. The van der Waals surface area contributed by atoms with E-state index in [1.54, 1.807) is 22.7 Å². The van der Waals surface area contributed by atoms with Crippen molar-refractivity contribution in [2.45, 2.75) is 46.0 Å². The van der Waals surface area contributed by atoms with Gasteiger partial charge in [-0.15, -0.1) is 22.7 Å². The zero-order chi connectivity index (χ0) is 31.2. The molecule has 0 saturated carbocycles. The van der Waals surface area contributed by atoms with Gasteiger partial charge in [-0.3, -0.25) is 9.59 Å². The van der Waals surface area contributed by atoms with Crippen LogP contribution in [0.25, 0.3) is 42.9 Å². The summed E-state index contributed by atoms with van der Waals surface area (Å²) in [4.78, 5) is 40.6. The number of hydrogen-bond acceptors (Lipinski definition) is 6. The van der Waals surface area contributed by atoms with Gasteiger partial charge >= 0.3 is 0 Å². The van der Waals surface area contributed by atoms with Gasteiger partial charge in [0.05, 0.1) is 43.3 Å². The van der Waals surface area contributed by atoms with E-state index in [0.717, 1.165) is 75.1 Å². The second kappa shape index (κ2) is 14.1. The minimum atomic E-state index is -0.0631. The van der Waals surface area contributed by atoms with Crippen molar-refractivity contribution in [2.24, 2.45) is 0 Å². The Kier molecular flexibility index (Phi) is 9.62. The summed E-state index contributed by atoms with van der Waals surface area (Å²) in [6.45, 7) is 5.40. The first-order chi connectivity index (χ1) is 22.0. The van der Waals surface area contributed by atoms with E-state index in [2.05, 4.69) is 48.7 Å². The molecule has 0 aliphatic heterocycles. The predicted molar refractivity (Wildman–Crippen MR) is 187 cm³/mol. The van der Waals surface area contributed by atoms with E-state index < -0.39 is 0 Å². The monoisotopic (exact) mass is 632 g/mol. The first-order valence-corrected chi connectivity index (χ1v) is 17.1. The largest absolute Gasteiger partial charge is 0.352 e. The fourth-order valence-corrected chi connectivity index (χ4v) is 7.15. The molecule has 0 aliphatic carbocycles. The van der Waals surface area contributed by atoms with E-state index in [0.29, 0.717) is 24.2 Å². The Bertz CT molecular complexity index is 1830. The topological polar surface area (TPSA) is 84.0 Å². The standard InChI is InChI=1S/C37H36N4O2S2/c1-24-16-18-34(44-24)32-22-28(26-12-6-8-14-30(26)40-32)36(42)38-20-10-4-3-5-11-21-39-37(43)29-23-33(35-19-17-25(2)45-35)41-31-15-9-7-13-27(29)31/h6-9,12-19,22-23H,3-5,10-11,20-21H2,1-2H3,(H,38,42)(H,39,43). The Morgan fingerprint density at radius 3 is 1.42 bits per heavy atom. The highest BCUT2D eigenvalue weighted by Crippen LogP contribution is 2.31. The fourth-order valence-electron chi connectivity index (χ4n) is 5.50. The summed E-state index contributed by atoms with van der Waals surface area (Å²) in [6.07, 6.45) is 4.90. The molecule has 4 heterocycles. The average molecular weight is 633 g/mol. The number of unbranched alkanes of at least 4 members (excludes halogenated alkanes) is 4. The van der Waals surface area contributed by atoms with Crippen LogP contribution in [0.2, 0.25) is 0 Å². The second-order valence-corrected chi connectivity index (χ2v) is 13.8. The van der Waals surface area contributed by atoms with E-state index in [9.17, 15) is 9.59 Å². The number of carbonyl (C=O) groups excluding carboxylic acids is 2. The molecule has 6 rings (SSSR count). The Morgan fingerprint density at radius 1 is 0.578 bits per heavy atom. The van der Waals surface area contributed by atoms with Crippen LogP contribution < -0.4 is 10.6 Å². The number of aromatic nitrogens is 2. The second-order valence-electron chi connectivity index (χ2n) is 11.2. The molecule has 0 aliphatic rings. The van der Waals surface area contributed by atoms with Gasteiger partial charge in [0.1, 0.15) is 0 Å². The molecule has 45 heavy (non-hydrogen) atoms. The quantitative estimate of drug-likeness (QED) is 0.132. The zero-order valence-corrected chi connectivity index (χ0v) is 27.2. The molecule has 0 fully saturated rings. The number of benzene rings is 2. The number of carbonyl (C=O) groups is 2. The van der Waals surface area contributed by atoms with Gasteiger partial charge < -0.3 is 10.6 Å². The molecule has 2 N–H and O–H groups in total. The molecule has 4 aromatic heterocycles. The third-order valence-corrected chi connectivity index (χ3v) is 9.88. The van der Waals surface area contributed by atoms with Crippen molar-refractivity contribution in [1.29, 1.82) is 0 Å². The molecule has 0 spiro atoms. The lowest BCUT2D eigenvalue weighted by Crippen LogP contribution is -2.25. The number of fused-ring (bicyclic) bond motifs is 2. The highest BCUT2D eigenvalue weighted by Gasteiger charge is 2.16. The molecule has 6 nitrogen and oxygen atoms in total. The van der Waals surface area contributed by atoms with Crippen LogP contribution in [0.5, 0.6) is 0 Å². The maximum Gasteiger partial charge on any atom is 0.252 e. The Balaban J connectivity index is 0.960. The van der Waals surface area contributed by atoms with Gasteiger partial charge in [0.25, 0.3) is 11.8 Å². The van der Waals surface area contributed by atoms with E-state index in [-0.39, 0.29) is 11.8 Å². The summed E-state index contributed by atoms with van der Waals surface area (Å²) in [6, 6.07) is 27.7. The number of aryl methyl sites for hydroxylation is 2. The molecule has 228 valence electrons. The van der Waals surface area contributed by atoms with E-state index in [4.69, 9.17) is 9.97 Å². The van der Waals surface area contributed by atoms with Crippen molar-refractivity contribution in [2.75, 3.05) is 13.1 Å². The normalized spacial score (nSPS) is 11.2. The van der Waals surface area contributed by atoms with Gasteiger partial charge in [-0.1, -0.05) is 55.7 Å². The van der Waals surface area contributed by atoms with Gasteiger partial charge in [-0.2, -0.15) is 0 Å². The highest BCUT2D eigenvalue weighted by molar-refractivity contribution is 7.15. The number of nitrogens with one attached hydrogen (secondary N) is 2. The van der Waals surface area contributed by atoms with Crippen molar-refractivity contribution < 1.29 is 9.59 Å². The summed E-state index contributed by atoms with van der Waals surface area (Å²) in [7, 11) is 0. The van der Waals surface area contributed by atoms with Gasteiger partial charge in [0, 0.05) is 33.6 Å². The maximum absolute atomic E-state index is 13.2. The minimum absolute atomic E-state index is 0.0631. The van der Waals surface area contributed by atoms with Crippen LogP contribution in [-0.2, 0) is 0 Å². The van der Waals surface area contributed by atoms with E-state index in [1.807, 2.05) is 60.7 Å². The Morgan fingerprint density at radius 2 is 1.00 bits per heavy atom. The van der Waals surface area contributed by atoms with Gasteiger partial charge in [0.15, 0.2) is 0 Å². The minimum Gasteiger partial charge on any atom is -0.352 e. The number of nitrogens with zero attached hydrogens (tertiary/aromatic N) is 2. The first-order valence-electron chi connectivity index (χ1n) is 15.5. The molecule has 2 aromatic carbocycles. The molecule has 8 heteroatoms. The summed E-state index contributed by atoms with van der Waals surface area (Å²) in [5.41, 5.74) is 4.65. The number of hydrogen-bond donors (Lipinski definition) is 2. The van der Waals surface area contributed by atoms with Crippen molar-refractivity contribution in [3.05, 3.63) is 106 Å². The van der Waals surface area contributed by atoms with E-state index >= 15 is 0 Å². The molecular formula is C37H36N4O2S2. The first kappa shape index (κ1) is 30.6. The summed E-state index contributed by atoms with van der Waals surface area (Å²) in [5, 5.41) is 7.97. The smallest absolute Gasteiger partial charge is 0.252 e. The summed E-state index contributed by atoms with van der Waals surface area (Å²) in [5.74, 6) is -0.126. The average Bonchev–Trinajstić information content (AvgIpc) is 3.70. The molecule has 0 bridgehead atoms. The molecule has 0 saturated heterocycles. The summed E-state index contributed by atoms with van der Waals surface area (Å²) >= 11 is 3.37. The van der Waals surface area contributed by atoms with Crippen molar-refractivity contribution in [3.8, 4) is 21.1 Å². The lowest BCUT2D eigenvalue weighted by atomic mass is 10.1. The van der Waals surface area contributed by atoms with Crippen LogP contribution in [0, 0.1) is 13.8 Å². The van der Waals surface area contributed by atoms with Crippen molar-refractivity contribution in [1.82, 2.24) is 20.6 Å². The third-order valence-electron chi connectivity index (χ3n) is 7.83. The van der Waals surface area contributed by atoms with Crippen LogP contribution in [0.15, 0.2) is 84.9 Å². The number of para-hydroxylation sites is 2. The van der Waals surface area contributed by atoms with Crippen LogP contribution in [0.3, 0.4) is 0 Å². The van der Waals surface area contributed by atoms with Gasteiger partial charge in [0.2, 0.25) is 0 Å². The molecule has 0 unspecified atom stereocenters. The molecule has 0 atom stereocenters. The maximum atomic E-state index is 13.2. The van der Waals surface area contributed by atoms with Crippen molar-refractivity contribution >= 4 is 56.3 Å². The number of rotatable bonds is 12. The predicted octanol–water partition coefficient (Wildman–Crippen LogP) is 8.97. The van der Waals surface area contributed by atoms with Gasteiger partial charge in [-0.05, 0) is 75.2 Å². The van der Waals surface area contributed by atoms with Crippen LogP contribution in [0.1, 0.15) is 62.6 Å². The zero-order valence-electron chi connectivity index (χ0n) is 25.6. The van der Waals surface area contributed by atoms with E-state index in [1.165, 1.54) is 9.75 Å². The Hall–Kier alpha value is -4.40. The number of pyridine rings is 2. The molecular weight excluding hydrogens is 597 g/mol. The third kappa shape index (κ3) is 7.30. The summed E-state index contributed by atoms with van der Waals surface area (Å²) < 4.78 is 0. The SMILES string of the molecule is Cc1ccc(-c2cc(C(=O)NCCCCCCCNC(=O)c3cc(-c4ccc(C)s4)nc4ccccc34)c3ccccc3n2)s1. The Labute approximate surface area is 271 Å². The molecule has 0 radical (unpaired) electrons. The lowest BCUT2D eigenvalue weighted by molar-refractivity contribution is 0.0947. The van der Waals surface area contributed by atoms with Crippen molar-refractivity contribution in [3.63, 3.8) is 0 Å². The molecule has 2 amide bonds. The van der Waals surface area contributed by atoms with Gasteiger partial charge in [-0.25, -0.2) is 9.97 Å². The highest BCUT2D eigenvalue weighted by atomic mass is 32.1. The van der Waals surface area contributed by atoms with Crippen LogP contribution in [-0.4, -0.2) is 34.9 Å². The fraction of sp³-hybridized carbons (Fsp3) is 0.243.